The minimum Gasteiger partial charge on any atom is -0.495 e. The number of rotatable bonds is 12. The van der Waals surface area contributed by atoms with Crippen molar-refractivity contribution >= 4 is 63.4 Å². The molecule has 1 aliphatic heterocycles. The lowest BCUT2D eigenvalue weighted by atomic mass is 9.96. The number of likely N-dealkylation sites (N-methyl/N-ethyl adjacent to an activating group) is 1. The molecule has 12 nitrogen and oxygen atoms in total. The van der Waals surface area contributed by atoms with E-state index in [9.17, 15) is 14.4 Å². The lowest BCUT2D eigenvalue weighted by Gasteiger charge is -2.32. The summed E-state index contributed by atoms with van der Waals surface area (Å²) >= 11 is 13.6. The molecule has 5 rings (SSSR count). The number of benzene rings is 2. The van der Waals surface area contributed by atoms with Crippen LogP contribution in [0.2, 0.25) is 10.0 Å². The number of hydrogen-bond donors (Lipinski definition) is 2. The number of fused-ring (bicyclic) bond motifs is 1. The van der Waals surface area contributed by atoms with Crippen molar-refractivity contribution in [1.82, 2.24) is 24.3 Å². The number of nitrogens with one attached hydrogen (secondary N) is 2. The van der Waals surface area contributed by atoms with E-state index < -0.39 is 0 Å². The molecular weight excluding hydrogens is 693 g/mol. The Bertz CT molecular complexity index is 2030. The van der Waals surface area contributed by atoms with Crippen LogP contribution >= 0.6 is 23.2 Å². The van der Waals surface area contributed by atoms with Crippen molar-refractivity contribution in [3.63, 3.8) is 0 Å². The molecule has 1 saturated heterocycles. The molecule has 14 heteroatoms. The second kappa shape index (κ2) is 16.4. The molecule has 2 aromatic heterocycles. The molecule has 1 fully saturated rings. The number of pyridine rings is 1. The number of carbonyl (C=O) groups excluding carboxylic acids is 2. The van der Waals surface area contributed by atoms with Crippen molar-refractivity contribution in [1.29, 1.82) is 0 Å². The summed E-state index contributed by atoms with van der Waals surface area (Å²) in [5.41, 5.74) is 2.46. The molecule has 268 valence electrons. The van der Waals surface area contributed by atoms with Gasteiger partial charge in [0.05, 0.1) is 41.2 Å². The van der Waals surface area contributed by atoms with Crippen molar-refractivity contribution < 1.29 is 19.1 Å². The van der Waals surface area contributed by atoms with Crippen LogP contribution in [0.4, 0.5) is 17.3 Å². The molecule has 0 atom stereocenters. The number of aryl methyl sites for hydroxylation is 1. The zero-order valence-electron chi connectivity index (χ0n) is 29.3. The minimum atomic E-state index is -0.369. The second-order valence-corrected chi connectivity index (χ2v) is 13.2. The highest BCUT2D eigenvalue weighted by atomic mass is 35.5. The van der Waals surface area contributed by atoms with Crippen molar-refractivity contribution in [3.05, 3.63) is 87.3 Å². The number of ether oxygens (including phenoxy) is 2. The van der Waals surface area contributed by atoms with Gasteiger partial charge in [0.2, 0.25) is 17.8 Å². The predicted molar refractivity (Wildman–Crippen MR) is 203 cm³/mol. The summed E-state index contributed by atoms with van der Waals surface area (Å²) in [6.07, 6.45) is 7.65. The number of para-hydroxylation sites is 1. The third kappa shape index (κ3) is 8.36. The topological polar surface area (TPSA) is 131 Å². The van der Waals surface area contributed by atoms with Gasteiger partial charge in [-0.1, -0.05) is 48.0 Å². The summed E-state index contributed by atoms with van der Waals surface area (Å²) in [6, 6.07) is 8.69. The van der Waals surface area contributed by atoms with Gasteiger partial charge in [-0.05, 0) is 63.6 Å². The van der Waals surface area contributed by atoms with Gasteiger partial charge in [-0.15, -0.1) is 0 Å². The van der Waals surface area contributed by atoms with E-state index in [0.29, 0.717) is 72.9 Å². The van der Waals surface area contributed by atoms with Crippen LogP contribution < -0.4 is 25.7 Å². The largest absolute Gasteiger partial charge is 0.495 e. The first-order valence-electron chi connectivity index (χ1n) is 16.4. The Labute approximate surface area is 306 Å². The van der Waals surface area contributed by atoms with Crippen molar-refractivity contribution in [2.24, 2.45) is 5.92 Å². The molecule has 0 spiro atoms. The molecule has 3 heterocycles. The van der Waals surface area contributed by atoms with Gasteiger partial charge in [-0.2, -0.15) is 4.98 Å². The van der Waals surface area contributed by atoms with E-state index in [1.54, 1.807) is 35.0 Å². The molecule has 2 amide bonds. The smallest absolute Gasteiger partial charge is 0.260 e. The average molecular weight is 735 g/mol. The number of carbonyl (C=O) groups is 2. The number of anilines is 3. The van der Waals surface area contributed by atoms with Gasteiger partial charge in [0, 0.05) is 55.5 Å². The van der Waals surface area contributed by atoms with Crippen LogP contribution in [0.3, 0.4) is 0 Å². The highest BCUT2D eigenvalue weighted by molar-refractivity contribution is 6.41. The molecule has 2 aromatic carbocycles. The molecule has 0 aliphatic carbocycles. The van der Waals surface area contributed by atoms with Crippen molar-refractivity contribution in [2.75, 3.05) is 58.6 Å². The van der Waals surface area contributed by atoms with Crippen molar-refractivity contribution in [3.8, 4) is 22.6 Å². The first kappa shape index (κ1) is 37.3. The first-order chi connectivity index (χ1) is 24.4. The lowest BCUT2D eigenvalue weighted by molar-refractivity contribution is -0.127. The standard InChI is InChI=1S/C37H41Cl2N7O5/c1-7-29(47)41-26-11-8-10-22(2)34(26)42-37-40-20-24-18-25(31-32(38)27(50-5)19-28(51-6)33(31)39)36(49)46(35(24)43-37)21-23-13-16-45(17-14-23)30(48)12-9-15-44(3)4/h7-12,18-20,23H,1,13-17,21H2,2-6H3,(H,41,47)(H,40,42,43)/b12-9+. The maximum Gasteiger partial charge on any atom is 0.260 e. The number of nitrogens with zero attached hydrogens (tertiary/aromatic N) is 5. The number of likely N-dealkylation sites (tertiary alicyclic amines) is 1. The third-order valence-electron chi connectivity index (χ3n) is 8.72. The normalized spacial score (nSPS) is 13.5. The van der Waals surface area contributed by atoms with Gasteiger partial charge in [-0.25, -0.2) is 4.98 Å². The summed E-state index contributed by atoms with van der Waals surface area (Å²) < 4.78 is 12.6. The number of piperidine rings is 1. The Balaban J connectivity index is 1.58. The van der Waals surface area contributed by atoms with Crippen LogP contribution in [0.25, 0.3) is 22.2 Å². The quantitative estimate of drug-likeness (QED) is 0.161. The highest BCUT2D eigenvalue weighted by Gasteiger charge is 2.27. The predicted octanol–water partition coefficient (Wildman–Crippen LogP) is 6.32. The number of halogens is 2. The van der Waals surface area contributed by atoms with Gasteiger partial charge in [0.1, 0.15) is 17.1 Å². The highest BCUT2D eigenvalue weighted by Crippen LogP contribution is 2.45. The SMILES string of the molecule is C=CC(=O)Nc1cccc(C)c1Nc1ncc2cc(-c3c(Cl)c(OC)cc(OC)c3Cl)c(=O)n(CC3CCN(C(=O)/C=C/CN(C)C)CC3)c2n1. The van der Waals surface area contributed by atoms with Gasteiger partial charge >= 0.3 is 0 Å². The summed E-state index contributed by atoms with van der Waals surface area (Å²) in [4.78, 5) is 52.8. The fourth-order valence-corrected chi connectivity index (χ4v) is 6.69. The molecule has 4 aromatic rings. The van der Waals surface area contributed by atoms with Crippen molar-refractivity contribution in [2.45, 2.75) is 26.3 Å². The van der Waals surface area contributed by atoms with Crippen LogP contribution in [-0.2, 0) is 16.1 Å². The Morgan fingerprint density at radius 3 is 2.41 bits per heavy atom. The monoisotopic (exact) mass is 733 g/mol. The number of amides is 2. The van der Waals surface area contributed by atoms with Gasteiger partial charge in [0.25, 0.3) is 5.56 Å². The fourth-order valence-electron chi connectivity index (χ4n) is 5.99. The molecule has 0 bridgehead atoms. The molecular formula is C37H41Cl2N7O5. The summed E-state index contributed by atoms with van der Waals surface area (Å²) in [7, 11) is 6.83. The fraction of sp³-hybridized carbons (Fsp3) is 0.324. The molecule has 2 N–H and O–H groups in total. The summed E-state index contributed by atoms with van der Waals surface area (Å²) in [6.45, 7) is 7.54. The maximum atomic E-state index is 14.6. The molecule has 51 heavy (non-hydrogen) atoms. The summed E-state index contributed by atoms with van der Waals surface area (Å²) in [5.74, 6) is 0.474. The van der Waals surface area contributed by atoms with E-state index in [2.05, 4.69) is 22.2 Å². The Kier molecular flexibility index (Phi) is 12.0. The summed E-state index contributed by atoms with van der Waals surface area (Å²) in [5, 5.41) is 6.92. The minimum absolute atomic E-state index is 0.0283. The average Bonchev–Trinajstić information content (AvgIpc) is 3.11. The van der Waals surface area contributed by atoms with E-state index in [0.717, 1.165) is 5.56 Å². The van der Waals surface area contributed by atoms with Gasteiger partial charge in [-0.3, -0.25) is 19.0 Å². The van der Waals surface area contributed by atoms with E-state index in [-0.39, 0.29) is 50.4 Å². The van der Waals surface area contributed by atoms with Crippen LogP contribution in [0.5, 0.6) is 11.5 Å². The van der Waals surface area contributed by atoms with Gasteiger partial charge in [0.15, 0.2) is 0 Å². The third-order valence-corrected chi connectivity index (χ3v) is 9.47. The van der Waals surface area contributed by atoms with E-state index in [4.69, 9.17) is 37.7 Å². The Morgan fingerprint density at radius 2 is 1.78 bits per heavy atom. The molecule has 0 unspecified atom stereocenters. The zero-order chi connectivity index (χ0) is 36.8. The van der Waals surface area contributed by atoms with Crippen LogP contribution in [0, 0.1) is 12.8 Å². The maximum absolute atomic E-state index is 14.6. The first-order valence-corrected chi connectivity index (χ1v) is 17.1. The van der Waals surface area contributed by atoms with E-state index >= 15 is 0 Å². The van der Waals surface area contributed by atoms with Crippen LogP contribution in [0.15, 0.2) is 66.1 Å². The number of aromatic nitrogens is 3. The van der Waals surface area contributed by atoms with Crippen LogP contribution in [-0.4, -0.2) is 84.1 Å². The lowest BCUT2D eigenvalue weighted by Crippen LogP contribution is -2.39. The van der Waals surface area contributed by atoms with Gasteiger partial charge < -0.3 is 29.9 Å². The molecule has 0 saturated carbocycles. The number of hydrogen-bond acceptors (Lipinski definition) is 9. The molecule has 0 radical (unpaired) electrons. The Hall–Kier alpha value is -4.91. The Morgan fingerprint density at radius 1 is 1.10 bits per heavy atom. The van der Waals surface area contributed by atoms with E-state index in [1.165, 1.54) is 20.3 Å². The second-order valence-electron chi connectivity index (χ2n) is 12.5. The molecule has 1 aliphatic rings. The zero-order valence-corrected chi connectivity index (χ0v) is 30.8. The van der Waals surface area contributed by atoms with E-state index in [1.807, 2.05) is 49.0 Å². The van der Waals surface area contributed by atoms with Crippen LogP contribution in [0.1, 0.15) is 18.4 Å². The number of methoxy groups -OCH3 is 2.